The lowest BCUT2D eigenvalue weighted by molar-refractivity contribution is 0.0690. The Labute approximate surface area is 133 Å². The summed E-state index contributed by atoms with van der Waals surface area (Å²) in [6, 6.07) is 2.39. The molecule has 0 saturated heterocycles. The molecule has 0 spiro atoms. The van der Waals surface area contributed by atoms with Crippen LogP contribution in [0, 0.1) is 23.3 Å². The molecule has 128 valence electrons. The predicted octanol–water partition coefficient (Wildman–Crippen LogP) is 2.78. The first-order valence-electron chi connectivity index (χ1n) is 6.10. The summed E-state index contributed by atoms with van der Waals surface area (Å²) in [7, 11) is -3.73. The molecule has 0 amide bonds. The highest BCUT2D eigenvalue weighted by Crippen LogP contribution is 2.30. The monoisotopic (exact) mass is 364 g/mol. The van der Waals surface area contributed by atoms with E-state index in [1.807, 2.05) is 0 Å². The quantitative estimate of drug-likeness (QED) is 0.513. The number of carboxylic acid groups (broad SMARTS) is 1. The molecule has 1 N–H and O–H groups in total. The van der Waals surface area contributed by atoms with Crippen LogP contribution in [0.1, 0.15) is 10.4 Å². The third-order valence-electron chi connectivity index (χ3n) is 3.07. The van der Waals surface area contributed by atoms with E-state index in [1.54, 1.807) is 0 Å². The second-order valence-corrected chi connectivity index (χ2v) is 6.39. The number of halogens is 4. The molecule has 5 nitrogen and oxygen atoms in total. The molecule has 2 rings (SSSR count). The molecule has 0 heterocycles. The van der Waals surface area contributed by atoms with E-state index in [1.165, 1.54) is 0 Å². The van der Waals surface area contributed by atoms with Gasteiger partial charge in [-0.05, 0) is 24.3 Å². The number of aromatic carboxylic acids is 1. The van der Waals surface area contributed by atoms with Crippen molar-refractivity contribution in [3.63, 3.8) is 0 Å². The third kappa shape index (κ3) is 2.80. The van der Waals surface area contributed by atoms with E-state index in [0.717, 1.165) is 19.2 Å². The molecule has 0 atom stereocenters. The normalized spacial score (nSPS) is 11.4. The summed E-state index contributed by atoms with van der Waals surface area (Å²) in [5.74, 6) is -9.80. The summed E-state index contributed by atoms with van der Waals surface area (Å²) in [4.78, 5) is 8.62. The van der Waals surface area contributed by atoms with Crippen molar-refractivity contribution in [2.75, 3.05) is 7.11 Å². The SMILES string of the molecule is COc1ccc(S(=O)(=O)c2cc(C(=O)O)c(F)c(F)c2F)cc1F. The van der Waals surface area contributed by atoms with Crippen LogP contribution in [-0.2, 0) is 9.84 Å². The smallest absolute Gasteiger partial charge is 0.338 e. The highest BCUT2D eigenvalue weighted by Gasteiger charge is 2.30. The van der Waals surface area contributed by atoms with Gasteiger partial charge in [-0.3, -0.25) is 0 Å². The number of sulfone groups is 1. The summed E-state index contributed by atoms with van der Waals surface area (Å²) in [5, 5.41) is 8.75. The molecular formula is C14H8F4O5S. The van der Waals surface area contributed by atoms with E-state index in [-0.39, 0.29) is 11.8 Å². The number of methoxy groups -OCH3 is 1. The lowest BCUT2D eigenvalue weighted by Gasteiger charge is -2.10. The van der Waals surface area contributed by atoms with Crippen molar-refractivity contribution in [1.82, 2.24) is 0 Å². The summed E-state index contributed by atoms with van der Waals surface area (Å²) in [5.41, 5.74) is -1.37. The van der Waals surface area contributed by atoms with Crippen LogP contribution in [0.2, 0.25) is 0 Å². The van der Waals surface area contributed by atoms with E-state index in [0.29, 0.717) is 6.07 Å². The highest BCUT2D eigenvalue weighted by atomic mass is 32.2. The second-order valence-electron chi connectivity index (χ2n) is 4.47. The van der Waals surface area contributed by atoms with E-state index >= 15 is 0 Å². The highest BCUT2D eigenvalue weighted by molar-refractivity contribution is 7.91. The van der Waals surface area contributed by atoms with Crippen molar-refractivity contribution in [1.29, 1.82) is 0 Å². The average molecular weight is 364 g/mol. The topological polar surface area (TPSA) is 80.7 Å². The number of carboxylic acids is 1. The summed E-state index contributed by atoms with van der Waals surface area (Å²) >= 11 is 0. The van der Waals surface area contributed by atoms with Gasteiger partial charge in [0.1, 0.15) is 4.90 Å². The molecule has 10 heteroatoms. The minimum absolute atomic E-state index is 0.132. The standard InChI is InChI=1S/C14H8F4O5S/c1-23-9-3-2-6(4-8(9)15)24(21,22)10-5-7(14(19)20)11(16)13(18)12(10)17/h2-5H,1H3,(H,19,20). The molecule has 0 saturated carbocycles. The maximum absolute atomic E-state index is 13.8. The predicted molar refractivity (Wildman–Crippen MR) is 71.7 cm³/mol. The maximum atomic E-state index is 13.8. The number of hydrogen-bond donors (Lipinski definition) is 1. The Kier molecular flexibility index (Phi) is 4.52. The largest absolute Gasteiger partial charge is 0.494 e. The fourth-order valence-electron chi connectivity index (χ4n) is 1.87. The number of rotatable bonds is 4. The van der Waals surface area contributed by atoms with Crippen LogP contribution in [0.4, 0.5) is 17.6 Å². The second kappa shape index (κ2) is 6.11. The van der Waals surface area contributed by atoms with E-state index in [2.05, 4.69) is 4.74 Å². The molecule has 24 heavy (non-hydrogen) atoms. The number of benzene rings is 2. The van der Waals surface area contributed by atoms with Crippen LogP contribution in [0.25, 0.3) is 0 Å². The first-order valence-corrected chi connectivity index (χ1v) is 7.59. The molecule has 0 unspecified atom stereocenters. The zero-order valence-corrected chi connectivity index (χ0v) is 12.6. The lowest BCUT2D eigenvalue weighted by atomic mass is 10.2. The van der Waals surface area contributed by atoms with Crippen LogP contribution < -0.4 is 4.74 Å². The summed E-state index contributed by atoms with van der Waals surface area (Å²) in [6.07, 6.45) is 0. The summed E-state index contributed by atoms with van der Waals surface area (Å²) < 4.78 is 83.6. The van der Waals surface area contributed by atoms with Crippen molar-refractivity contribution in [3.05, 3.63) is 53.1 Å². The Morgan fingerprint density at radius 2 is 1.67 bits per heavy atom. The van der Waals surface area contributed by atoms with Crippen LogP contribution in [0.15, 0.2) is 34.1 Å². The Morgan fingerprint density at radius 3 is 2.17 bits per heavy atom. The minimum Gasteiger partial charge on any atom is -0.494 e. The molecule has 0 aromatic heterocycles. The molecule has 2 aromatic rings. The number of ether oxygens (including phenoxy) is 1. The molecular weight excluding hydrogens is 356 g/mol. The fourth-order valence-corrected chi connectivity index (χ4v) is 3.23. The molecule has 0 aliphatic heterocycles. The van der Waals surface area contributed by atoms with Gasteiger partial charge in [-0.25, -0.2) is 30.8 Å². The van der Waals surface area contributed by atoms with Crippen molar-refractivity contribution in [3.8, 4) is 5.75 Å². The van der Waals surface area contributed by atoms with Gasteiger partial charge in [0.2, 0.25) is 9.84 Å². The van der Waals surface area contributed by atoms with Gasteiger partial charge in [0.05, 0.1) is 17.6 Å². The van der Waals surface area contributed by atoms with Gasteiger partial charge < -0.3 is 9.84 Å². The minimum atomic E-state index is -4.85. The Bertz CT molecular complexity index is 941. The van der Waals surface area contributed by atoms with Crippen LogP contribution in [0.5, 0.6) is 5.75 Å². The molecule has 0 radical (unpaired) electrons. The van der Waals surface area contributed by atoms with E-state index in [4.69, 9.17) is 5.11 Å². The molecule has 0 bridgehead atoms. The maximum Gasteiger partial charge on any atom is 0.338 e. The van der Waals surface area contributed by atoms with Gasteiger partial charge in [-0.15, -0.1) is 0 Å². The first-order chi connectivity index (χ1) is 11.1. The van der Waals surface area contributed by atoms with Gasteiger partial charge in [-0.2, -0.15) is 0 Å². The van der Waals surface area contributed by atoms with Gasteiger partial charge >= 0.3 is 5.97 Å². The van der Waals surface area contributed by atoms with Crippen LogP contribution >= 0.6 is 0 Å². The van der Waals surface area contributed by atoms with Gasteiger partial charge in [0, 0.05) is 0 Å². The summed E-state index contributed by atoms with van der Waals surface area (Å²) in [6.45, 7) is 0. The van der Waals surface area contributed by atoms with E-state index in [9.17, 15) is 30.8 Å². The Hall–Kier alpha value is -2.62. The molecule has 2 aromatic carbocycles. The van der Waals surface area contributed by atoms with Crippen LogP contribution in [0.3, 0.4) is 0 Å². The zero-order chi connectivity index (χ0) is 18.2. The van der Waals surface area contributed by atoms with Crippen LogP contribution in [-0.4, -0.2) is 26.6 Å². The lowest BCUT2D eigenvalue weighted by Crippen LogP contribution is -2.12. The Morgan fingerprint density at radius 1 is 1.04 bits per heavy atom. The molecule has 0 aliphatic rings. The molecule has 0 fully saturated rings. The van der Waals surface area contributed by atoms with Gasteiger partial charge in [0.25, 0.3) is 0 Å². The average Bonchev–Trinajstić information content (AvgIpc) is 2.52. The van der Waals surface area contributed by atoms with Crippen molar-refractivity contribution >= 4 is 15.8 Å². The first kappa shape index (κ1) is 17.7. The number of hydrogen-bond acceptors (Lipinski definition) is 4. The number of carbonyl (C=O) groups is 1. The van der Waals surface area contributed by atoms with Crippen molar-refractivity contribution < 1.29 is 40.6 Å². The van der Waals surface area contributed by atoms with Crippen molar-refractivity contribution in [2.24, 2.45) is 0 Å². The molecule has 0 aliphatic carbocycles. The van der Waals surface area contributed by atoms with E-state index < -0.39 is 54.4 Å². The van der Waals surface area contributed by atoms with Crippen molar-refractivity contribution in [2.45, 2.75) is 9.79 Å². The third-order valence-corrected chi connectivity index (χ3v) is 4.82. The van der Waals surface area contributed by atoms with Gasteiger partial charge in [-0.1, -0.05) is 0 Å². The zero-order valence-electron chi connectivity index (χ0n) is 11.8. The Balaban J connectivity index is 2.74. The van der Waals surface area contributed by atoms with Gasteiger partial charge in [0.15, 0.2) is 29.0 Å². The fraction of sp³-hybridized carbons (Fsp3) is 0.0714.